The van der Waals surface area contributed by atoms with Crippen molar-refractivity contribution < 1.29 is 13.9 Å². The van der Waals surface area contributed by atoms with E-state index in [2.05, 4.69) is 0 Å². The Kier molecular flexibility index (Phi) is 4.15. The van der Waals surface area contributed by atoms with Crippen LogP contribution >= 0.6 is 11.3 Å². The van der Waals surface area contributed by atoms with E-state index in [0.717, 1.165) is 26.8 Å². The molecule has 4 aromatic rings. The lowest BCUT2D eigenvalue weighted by molar-refractivity contribution is -0.132. The normalized spacial score (nSPS) is 11.1. The smallest absolute Gasteiger partial charge is 0.260 e. The first-order chi connectivity index (χ1) is 12.2. The third kappa shape index (κ3) is 3.23. The van der Waals surface area contributed by atoms with Gasteiger partial charge in [-0.15, -0.1) is 11.3 Å². The number of nitrogens with zero attached hydrogens (tertiary/aromatic N) is 1. The molecule has 0 N–H and O–H groups in total. The number of hydrogen-bond donors (Lipinski definition) is 0. The second-order valence-electron chi connectivity index (χ2n) is 5.87. The number of likely N-dealkylation sites (N-methyl/N-ethyl adjacent to an activating group) is 1. The maximum absolute atomic E-state index is 12.3. The summed E-state index contributed by atoms with van der Waals surface area (Å²) in [5.41, 5.74) is 1.66. The number of furan rings is 1. The molecule has 2 aromatic carbocycles. The average molecular weight is 351 g/mol. The molecule has 4 rings (SSSR count). The van der Waals surface area contributed by atoms with Gasteiger partial charge in [0.15, 0.2) is 6.61 Å². The molecule has 0 radical (unpaired) electrons. The van der Waals surface area contributed by atoms with Gasteiger partial charge in [-0.2, -0.15) is 0 Å². The van der Waals surface area contributed by atoms with Gasteiger partial charge in [0.05, 0.1) is 6.54 Å². The molecule has 0 saturated carbocycles. The van der Waals surface area contributed by atoms with Crippen LogP contribution in [0.3, 0.4) is 0 Å². The molecule has 0 spiro atoms. The summed E-state index contributed by atoms with van der Waals surface area (Å²) >= 11 is 1.64. The minimum absolute atomic E-state index is 0.0170. The van der Waals surface area contributed by atoms with Crippen molar-refractivity contribution in [2.24, 2.45) is 0 Å². The van der Waals surface area contributed by atoms with Crippen molar-refractivity contribution in [2.45, 2.75) is 6.54 Å². The summed E-state index contributed by atoms with van der Waals surface area (Å²) in [7, 11) is 1.79. The average Bonchev–Trinajstić information content (AvgIpc) is 3.26. The van der Waals surface area contributed by atoms with Gasteiger partial charge in [0.25, 0.3) is 5.91 Å². The number of fused-ring (bicyclic) bond motifs is 3. The topological polar surface area (TPSA) is 42.7 Å². The molecule has 0 bridgehead atoms. The van der Waals surface area contributed by atoms with Gasteiger partial charge in [-0.1, -0.05) is 24.3 Å². The number of hydrogen-bond acceptors (Lipinski definition) is 4. The van der Waals surface area contributed by atoms with Crippen molar-refractivity contribution in [1.82, 2.24) is 4.90 Å². The number of ether oxygens (including phenoxy) is 1. The molecular weight excluding hydrogens is 334 g/mol. The maximum atomic E-state index is 12.3. The van der Waals surface area contributed by atoms with E-state index in [1.54, 1.807) is 23.3 Å². The van der Waals surface area contributed by atoms with E-state index in [0.29, 0.717) is 12.3 Å². The van der Waals surface area contributed by atoms with Crippen LogP contribution in [-0.2, 0) is 11.3 Å². The number of carbonyl (C=O) groups excluding carboxylic acids is 1. The third-order valence-corrected chi connectivity index (χ3v) is 4.97. The number of benzene rings is 2. The fraction of sp³-hybridized carbons (Fsp3) is 0.150. The first-order valence-corrected chi connectivity index (χ1v) is 8.89. The lowest BCUT2D eigenvalue weighted by atomic mass is 10.1. The molecule has 1 amide bonds. The highest BCUT2D eigenvalue weighted by Gasteiger charge is 2.12. The molecule has 2 aromatic heterocycles. The van der Waals surface area contributed by atoms with Crippen LogP contribution in [0.25, 0.3) is 21.9 Å². The van der Waals surface area contributed by atoms with Crippen LogP contribution in [0.2, 0.25) is 0 Å². The standard InChI is InChI=1S/C20H17NO3S/c1-21(12-15-5-4-10-25-15)20(22)13-23-14-8-9-19-17(11-14)16-6-2-3-7-18(16)24-19/h2-11H,12-13H2,1H3. The van der Waals surface area contributed by atoms with Gasteiger partial charge >= 0.3 is 0 Å². The molecule has 25 heavy (non-hydrogen) atoms. The van der Waals surface area contributed by atoms with Crippen LogP contribution in [0, 0.1) is 0 Å². The lowest BCUT2D eigenvalue weighted by Crippen LogP contribution is -2.30. The summed E-state index contributed by atoms with van der Waals surface area (Å²) < 4.78 is 11.5. The van der Waals surface area contributed by atoms with Gasteiger partial charge in [0.2, 0.25) is 0 Å². The molecule has 0 aliphatic heterocycles. The van der Waals surface area contributed by atoms with Crippen molar-refractivity contribution >= 4 is 39.2 Å². The van der Waals surface area contributed by atoms with Crippen LogP contribution in [-0.4, -0.2) is 24.5 Å². The predicted octanol–water partition coefficient (Wildman–Crippen LogP) is 4.68. The second kappa shape index (κ2) is 6.61. The van der Waals surface area contributed by atoms with E-state index in [-0.39, 0.29) is 12.5 Å². The zero-order valence-corrected chi connectivity index (χ0v) is 14.6. The van der Waals surface area contributed by atoms with Crippen molar-refractivity contribution in [1.29, 1.82) is 0 Å². The van der Waals surface area contributed by atoms with Gasteiger partial charge in [-0.25, -0.2) is 0 Å². The predicted molar refractivity (Wildman–Crippen MR) is 100 cm³/mol. The Morgan fingerprint density at radius 1 is 1.08 bits per heavy atom. The number of amides is 1. The minimum Gasteiger partial charge on any atom is -0.484 e. The quantitative estimate of drug-likeness (QED) is 0.524. The molecule has 2 heterocycles. The monoisotopic (exact) mass is 351 g/mol. The minimum atomic E-state index is -0.0504. The highest BCUT2D eigenvalue weighted by Crippen LogP contribution is 2.31. The fourth-order valence-electron chi connectivity index (χ4n) is 2.77. The van der Waals surface area contributed by atoms with Crippen LogP contribution in [0.1, 0.15) is 4.88 Å². The molecule has 0 saturated heterocycles. The van der Waals surface area contributed by atoms with Crippen molar-refractivity contribution in [3.63, 3.8) is 0 Å². The summed E-state index contributed by atoms with van der Waals surface area (Å²) in [5, 5.41) is 4.05. The Balaban J connectivity index is 1.47. The van der Waals surface area contributed by atoms with E-state index >= 15 is 0 Å². The van der Waals surface area contributed by atoms with E-state index < -0.39 is 0 Å². The number of carbonyl (C=O) groups is 1. The Morgan fingerprint density at radius 2 is 1.92 bits per heavy atom. The van der Waals surface area contributed by atoms with Gasteiger partial charge in [-0.3, -0.25) is 4.79 Å². The molecule has 0 fully saturated rings. The Labute approximate surface area is 149 Å². The molecule has 5 heteroatoms. The van der Waals surface area contributed by atoms with Crippen LogP contribution in [0.4, 0.5) is 0 Å². The molecular formula is C20H17NO3S. The number of para-hydroxylation sites is 1. The SMILES string of the molecule is CN(Cc1cccs1)C(=O)COc1ccc2oc3ccccc3c2c1. The summed E-state index contributed by atoms with van der Waals surface area (Å²) in [6.07, 6.45) is 0. The Bertz CT molecular complexity index is 1020. The highest BCUT2D eigenvalue weighted by molar-refractivity contribution is 7.09. The lowest BCUT2D eigenvalue weighted by Gasteiger charge is -2.16. The number of thiophene rings is 1. The Morgan fingerprint density at radius 3 is 2.76 bits per heavy atom. The van der Waals surface area contributed by atoms with E-state index in [4.69, 9.17) is 9.15 Å². The largest absolute Gasteiger partial charge is 0.484 e. The molecule has 0 atom stereocenters. The molecule has 0 aliphatic carbocycles. The maximum Gasteiger partial charge on any atom is 0.260 e. The summed E-state index contributed by atoms with van der Waals surface area (Å²) in [6, 6.07) is 17.5. The van der Waals surface area contributed by atoms with E-state index in [9.17, 15) is 4.79 Å². The molecule has 126 valence electrons. The van der Waals surface area contributed by atoms with Gasteiger partial charge in [-0.05, 0) is 35.7 Å². The fourth-order valence-corrected chi connectivity index (χ4v) is 3.53. The first kappa shape index (κ1) is 15.7. The van der Waals surface area contributed by atoms with Crippen molar-refractivity contribution in [3.8, 4) is 5.75 Å². The van der Waals surface area contributed by atoms with E-state index in [1.807, 2.05) is 60.0 Å². The zero-order valence-electron chi connectivity index (χ0n) is 13.8. The zero-order chi connectivity index (χ0) is 17.2. The van der Waals surface area contributed by atoms with Crippen LogP contribution < -0.4 is 4.74 Å². The van der Waals surface area contributed by atoms with Crippen molar-refractivity contribution in [2.75, 3.05) is 13.7 Å². The molecule has 0 aliphatic rings. The third-order valence-electron chi connectivity index (χ3n) is 4.11. The van der Waals surface area contributed by atoms with Crippen molar-refractivity contribution in [3.05, 3.63) is 64.9 Å². The Hall–Kier alpha value is -2.79. The number of rotatable bonds is 5. The van der Waals surface area contributed by atoms with Gasteiger partial charge in [0, 0.05) is 22.7 Å². The first-order valence-electron chi connectivity index (χ1n) is 8.01. The van der Waals surface area contributed by atoms with Crippen LogP contribution in [0.5, 0.6) is 5.75 Å². The summed E-state index contributed by atoms with van der Waals surface area (Å²) in [4.78, 5) is 15.1. The van der Waals surface area contributed by atoms with Crippen LogP contribution in [0.15, 0.2) is 64.4 Å². The summed E-state index contributed by atoms with van der Waals surface area (Å²) in [5.74, 6) is 0.613. The summed E-state index contributed by atoms with van der Waals surface area (Å²) in [6.45, 7) is 0.619. The molecule has 0 unspecified atom stereocenters. The van der Waals surface area contributed by atoms with Gasteiger partial charge < -0.3 is 14.1 Å². The van der Waals surface area contributed by atoms with Gasteiger partial charge in [0.1, 0.15) is 16.9 Å². The highest BCUT2D eigenvalue weighted by atomic mass is 32.1. The second-order valence-corrected chi connectivity index (χ2v) is 6.91. The molecule has 4 nitrogen and oxygen atoms in total. The van der Waals surface area contributed by atoms with E-state index in [1.165, 1.54) is 0 Å².